The molecule has 4 nitrogen and oxygen atoms in total. The summed E-state index contributed by atoms with van der Waals surface area (Å²) < 4.78 is 13.5. The zero-order valence-corrected chi connectivity index (χ0v) is 15.6. The standard InChI is InChI=1S/C21H27NO3/c1-5-6-11-24-17-7-8-18-16(12-17)13-19-15(9-10-22(18)19)14-20(23)25-21(2,3)4/h7-8,12-14H,5-6,9-11H2,1-4H3/b15-14-. The smallest absolute Gasteiger partial charge is 0.331 e. The summed E-state index contributed by atoms with van der Waals surface area (Å²) in [6, 6.07) is 8.37. The number of aromatic nitrogens is 1. The lowest BCUT2D eigenvalue weighted by Gasteiger charge is -2.18. The third-order valence-corrected chi connectivity index (χ3v) is 4.27. The molecule has 0 amide bonds. The molecule has 0 bridgehead atoms. The molecule has 0 spiro atoms. The lowest BCUT2D eigenvalue weighted by atomic mass is 10.1. The molecule has 4 heteroatoms. The van der Waals surface area contributed by atoms with Crippen molar-refractivity contribution in [2.24, 2.45) is 0 Å². The van der Waals surface area contributed by atoms with E-state index in [1.165, 1.54) is 5.52 Å². The Morgan fingerprint density at radius 1 is 1.28 bits per heavy atom. The fourth-order valence-corrected chi connectivity index (χ4v) is 3.16. The number of fused-ring (bicyclic) bond motifs is 3. The first-order valence-corrected chi connectivity index (χ1v) is 9.07. The molecule has 0 atom stereocenters. The lowest BCUT2D eigenvalue weighted by Crippen LogP contribution is -2.22. The second-order valence-electron chi connectivity index (χ2n) is 7.56. The molecule has 2 aromatic rings. The number of carbonyl (C=O) groups excluding carboxylic acids is 1. The van der Waals surface area contributed by atoms with E-state index in [1.54, 1.807) is 6.08 Å². The number of carbonyl (C=O) groups is 1. The fourth-order valence-electron chi connectivity index (χ4n) is 3.16. The highest BCUT2D eigenvalue weighted by molar-refractivity contribution is 5.95. The van der Waals surface area contributed by atoms with E-state index in [0.29, 0.717) is 0 Å². The van der Waals surface area contributed by atoms with Crippen molar-refractivity contribution < 1.29 is 14.3 Å². The third kappa shape index (κ3) is 4.06. The van der Waals surface area contributed by atoms with Crippen LogP contribution < -0.4 is 4.74 Å². The van der Waals surface area contributed by atoms with Crippen molar-refractivity contribution in [1.82, 2.24) is 4.57 Å². The van der Waals surface area contributed by atoms with Crippen molar-refractivity contribution in [3.05, 3.63) is 36.0 Å². The minimum atomic E-state index is -0.468. The second kappa shape index (κ2) is 6.95. The van der Waals surface area contributed by atoms with E-state index in [0.717, 1.165) is 54.8 Å². The maximum atomic E-state index is 12.1. The molecule has 1 aliphatic heterocycles. The predicted octanol–water partition coefficient (Wildman–Crippen LogP) is 4.95. The van der Waals surface area contributed by atoms with Gasteiger partial charge in [0.25, 0.3) is 0 Å². The molecule has 1 aromatic heterocycles. The Bertz CT molecular complexity index is 808. The van der Waals surface area contributed by atoms with Crippen LogP contribution in [0.15, 0.2) is 30.3 Å². The molecule has 1 aliphatic rings. The Hall–Kier alpha value is -2.23. The summed E-state index contributed by atoms with van der Waals surface area (Å²) in [7, 11) is 0. The summed E-state index contributed by atoms with van der Waals surface area (Å²) in [4.78, 5) is 12.1. The zero-order chi connectivity index (χ0) is 18.0. The Morgan fingerprint density at radius 3 is 2.80 bits per heavy atom. The molecule has 2 heterocycles. The van der Waals surface area contributed by atoms with Gasteiger partial charge in [0.15, 0.2) is 0 Å². The third-order valence-electron chi connectivity index (χ3n) is 4.27. The average Bonchev–Trinajstić information content (AvgIpc) is 3.05. The SMILES string of the molecule is CCCCOc1ccc2c(c1)cc1n2CC/C1=C/C(=O)OC(C)(C)C. The first-order chi connectivity index (χ1) is 11.9. The van der Waals surface area contributed by atoms with E-state index in [4.69, 9.17) is 9.47 Å². The fraction of sp³-hybridized carbons (Fsp3) is 0.476. The Balaban J connectivity index is 1.84. The Labute approximate surface area is 149 Å². The first-order valence-electron chi connectivity index (χ1n) is 9.07. The number of nitrogens with zero attached hydrogens (tertiary/aromatic N) is 1. The van der Waals surface area contributed by atoms with Crippen molar-refractivity contribution in [2.75, 3.05) is 6.61 Å². The molecular weight excluding hydrogens is 314 g/mol. The Morgan fingerprint density at radius 2 is 2.08 bits per heavy atom. The first kappa shape index (κ1) is 17.6. The number of aryl methyl sites for hydroxylation is 1. The lowest BCUT2D eigenvalue weighted by molar-refractivity contribution is -0.148. The molecule has 134 valence electrons. The van der Waals surface area contributed by atoms with E-state index in [-0.39, 0.29) is 5.97 Å². The summed E-state index contributed by atoms with van der Waals surface area (Å²) in [6.45, 7) is 9.45. The molecule has 1 aromatic carbocycles. The molecule has 0 fully saturated rings. The number of hydrogen-bond acceptors (Lipinski definition) is 3. The summed E-state index contributed by atoms with van der Waals surface area (Å²) in [6.07, 6.45) is 4.69. The van der Waals surface area contributed by atoms with Gasteiger partial charge in [-0.15, -0.1) is 0 Å². The molecule has 0 N–H and O–H groups in total. The maximum Gasteiger partial charge on any atom is 0.331 e. The van der Waals surface area contributed by atoms with Crippen LogP contribution in [0.2, 0.25) is 0 Å². The van der Waals surface area contributed by atoms with Gasteiger partial charge in [0.2, 0.25) is 0 Å². The largest absolute Gasteiger partial charge is 0.494 e. The molecular formula is C21H27NO3. The summed E-state index contributed by atoms with van der Waals surface area (Å²) in [5.74, 6) is 0.632. The van der Waals surface area contributed by atoms with Gasteiger partial charge < -0.3 is 14.0 Å². The van der Waals surface area contributed by atoms with Gasteiger partial charge in [-0.05, 0) is 63.5 Å². The van der Waals surface area contributed by atoms with Crippen molar-refractivity contribution in [3.63, 3.8) is 0 Å². The van der Waals surface area contributed by atoms with Crippen molar-refractivity contribution in [3.8, 4) is 5.75 Å². The van der Waals surface area contributed by atoms with Crippen LogP contribution in [0.5, 0.6) is 5.75 Å². The summed E-state index contributed by atoms with van der Waals surface area (Å²) in [5.41, 5.74) is 2.86. The van der Waals surface area contributed by atoms with Gasteiger partial charge in [0, 0.05) is 29.2 Å². The monoisotopic (exact) mass is 341 g/mol. The minimum Gasteiger partial charge on any atom is -0.494 e. The van der Waals surface area contributed by atoms with E-state index in [1.807, 2.05) is 26.8 Å². The average molecular weight is 341 g/mol. The predicted molar refractivity (Wildman–Crippen MR) is 101 cm³/mol. The van der Waals surface area contributed by atoms with Gasteiger partial charge in [-0.2, -0.15) is 0 Å². The van der Waals surface area contributed by atoms with Gasteiger partial charge in [-0.25, -0.2) is 4.79 Å². The van der Waals surface area contributed by atoms with Crippen LogP contribution in [0.25, 0.3) is 16.5 Å². The van der Waals surface area contributed by atoms with Gasteiger partial charge >= 0.3 is 5.97 Å². The Kier molecular flexibility index (Phi) is 4.89. The molecule has 0 saturated carbocycles. The number of ether oxygens (including phenoxy) is 2. The highest BCUT2D eigenvalue weighted by Gasteiger charge is 2.22. The minimum absolute atomic E-state index is 0.273. The molecule has 0 aliphatic carbocycles. The number of allylic oxidation sites excluding steroid dienone is 1. The van der Waals surface area contributed by atoms with Crippen LogP contribution in [0, 0.1) is 0 Å². The molecule has 3 rings (SSSR count). The molecule has 0 radical (unpaired) electrons. The quantitative estimate of drug-likeness (QED) is 0.439. The normalized spacial score (nSPS) is 15.6. The van der Waals surface area contributed by atoms with Crippen LogP contribution in [-0.4, -0.2) is 22.7 Å². The van der Waals surface area contributed by atoms with Crippen molar-refractivity contribution in [1.29, 1.82) is 0 Å². The second-order valence-corrected chi connectivity index (χ2v) is 7.56. The van der Waals surface area contributed by atoms with Gasteiger partial charge in [0.1, 0.15) is 11.4 Å². The van der Waals surface area contributed by atoms with Gasteiger partial charge in [-0.3, -0.25) is 0 Å². The number of hydrogen-bond donors (Lipinski definition) is 0. The molecule has 0 saturated heterocycles. The van der Waals surface area contributed by atoms with Crippen LogP contribution in [-0.2, 0) is 16.1 Å². The van der Waals surface area contributed by atoms with E-state index >= 15 is 0 Å². The van der Waals surface area contributed by atoms with E-state index < -0.39 is 5.60 Å². The van der Waals surface area contributed by atoms with Crippen LogP contribution in [0.1, 0.15) is 52.7 Å². The van der Waals surface area contributed by atoms with E-state index in [9.17, 15) is 4.79 Å². The van der Waals surface area contributed by atoms with Crippen molar-refractivity contribution in [2.45, 2.75) is 59.1 Å². The zero-order valence-electron chi connectivity index (χ0n) is 15.6. The number of esters is 1. The van der Waals surface area contributed by atoms with Crippen LogP contribution in [0.3, 0.4) is 0 Å². The highest BCUT2D eigenvalue weighted by atomic mass is 16.6. The highest BCUT2D eigenvalue weighted by Crippen LogP contribution is 2.35. The molecule has 25 heavy (non-hydrogen) atoms. The van der Waals surface area contributed by atoms with Gasteiger partial charge in [0.05, 0.1) is 6.61 Å². The molecule has 0 unspecified atom stereocenters. The summed E-state index contributed by atoms with van der Waals surface area (Å²) in [5, 5.41) is 1.15. The number of rotatable bonds is 5. The number of unbranched alkanes of at least 4 members (excludes halogenated alkanes) is 1. The maximum absolute atomic E-state index is 12.1. The summed E-state index contributed by atoms with van der Waals surface area (Å²) >= 11 is 0. The van der Waals surface area contributed by atoms with Gasteiger partial charge in [-0.1, -0.05) is 13.3 Å². The van der Waals surface area contributed by atoms with Crippen LogP contribution in [0.4, 0.5) is 0 Å². The number of benzene rings is 1. The van der Waals surface area contributed by atoms with Crippen LogP contribution >= 0.6 is 0 Å². The van der Waals surface area contributed by atoms with Crippen molar-refractivity contribution >= 4 is 22.4 Å². The van der Waals surface area contributed by atoms with E-state index in [2.05, 4.69) is 29.7 Å². The topological polar surface area (TPSA) is 40.5 Å².